The highest BCUT2D eigenvalue weighted by Crippen LogP contribution is 2.21. The summed E-state index contributed by atoms with van der Waals surface area (Å²) in [5.74, 6) is 0.473. The molecule has 7 heteroatoms. The number of carbonyl (C=O) groups is 2. The fraction of sp³-hybridized carbons (Fsp3) is 0.333. The van der Waals surface area contributed by atoms with Gasteiger partial charge in [-0.1, -0.05) is 29.3 Å². The van der Waals surface area contributed by atoms with Crippen LogP contribution in [0.1, 0.15) is 24.7 Å². The van der Waals surface area contributed by atoms with E-state index in [4.69, 9.17) is 27.6 Å². The molecule has 0 aliphatic rings. The topological polar surface area (TPSA) is 62.6 Å². The minimum absolute atomic E-state index is 0.0999. The maximum Gasteiger partial charge on any atom is 0.221 e. The van der Waals surface area contributed by atoms with Crippen LogP contribution in [0.25, 0.3) is 0 Å². The smallest absolute Gasteiger partial charge is 0.221 e. The lowest BCUT2D eigenvalue weighted by atomic mass is 10.1. The van der Waals surface area contributed by atoms with Gasteiger partial charge in [-0.15, -0.1) is 0 Å². The summed E-state index contributed by atoms with van der Waals surface area (Å²) in [5.41, 5.74) is 0.926. The first kappa shape index (κ1) is 19.3. The second-order valence-corrected chi connectivity index (χ2v) is 6.45. The van der Waals surface area contributed by atoms with Crippen LogP contribution in [0.2, 0.25) is 10.0 Å². The highest BCUT2D eigenvalue weighted by Gasteiger charge is 2.13. The Hall–Kier alpha value is -1.98. The standard InChI is InChI=1S/C18H20Cl2N2O3/c1-13(23)22(12-16-3-2-10-25-16)9-7-18(24)21-8-6-14-4-5-15(19)11-17(14)20/h2-5,10-11H,6-9,12H2,1H3,(H,21,24). The summed E-state index contributed by atoms with van der Waals surface area (Å²) in [6, 6.07) is 8.86. The van der Waals surface area contributed by atoms with Crippen molar-refractivity contribution in [3.8, 4) is 0 Å². The van der Waals surface area contributed by atoms with E-state index in [1.807, 2.05) is 6.07 Å². The normalized spacial score (nSPS) is 10.5. The summed E-state index contributed by atoms with van der Waals surface area (Å²) < 4.78 is 5.24. The first-order chi connectivity index (χ1) is 12.0. The first-order valence-corrected chi connectivity index (χ1v) is 8.70. The Kier molecular flexibility index (Phi) is 7.34. The van der Waals surface area contributed by atoms with E-state index in [9.17, 15) is 9.59 Å². The SMILES string of the molecule is CC(=O)N(CCC(=O)NCCc1ccc(Cl)cc1Cl)Cc1ccco1. The van der Waals surface area contributed by atoms with Crippen molar-refractivity contribution in [1.29, 1.82) is 0 Å². The number of benzene rings is 1. The molecular formula is C18H20Cl2N2O3. The van der Waals surface area contributed by atoms with Crippen LogP contribution in [0.15, 0.2) is 41.0 Å². The van der Waals surface area contributed by atoms with Crippen LogP contribution in [-0.4, -0.2) is 29.8 Å². The van der Waals surface area contributed by atoms with E-state index < -0.39 is 0 Å². The minimum atomic E-state index is -0.115. The summed E-state index contributed by atoms with van der Waals surface area (Å²) in [6.45, 7) is 2.64. The molecule has 0 aliphatic heterocycles. The highest BCUT2D eigenvalue weighted by atomic mass is 35.5. The van der Waals surface area contributed by atoms with Gasteiger partial charge in [-0.2, -0.15) is 0 Å². The zero-order valence-corrected chi connectivity index (χ0v) is 15.4. The Bertz CT molecular complexity index is 717. The van der Waals surface area contributed by atoms with Gasteiger partial charge in [-0.3, -0.25) is 9.59 Å². The maximum atomic E-state index is 12.0. The fourth-order valence-electron chi connectivity index (χ4n) is 2.32. The van der Waals surface area contributed by atoms with E-state index in [1.54, 1.807) is 35.4 Å². The van der Waals surface area contributed by atoms with Gasteiger partial charge in [0.2, 0.25) is 11.8 Å². The van der Waals surface area contributed by atoms with Gasteiger partial charge in [0.25, 0.3) is 0 Å². The Morgan fingerprint density at radius 2 is 2.04 bits per heavy atom. The number of nitrogens with one attached hydrogen (secondary N) is 1. The Labute approximate surface area is 156 Å². The van der Waals surface area contributed by atoms with Gasteiger partial charge >= 0.3 is 0 Å². The molecule has 1 N–H and O–H groups in total. The van der Waals surface area contributed by atoms with E-state index in [0.717, 1.165) is 5.56 Å². The zero-order chi connectivity index (χ0) is 18.2. The predicted molar refractivity (Wildman–Crippen MR) is 97.6 cm³/mol. The van der Waals surface area contributed by atoms with E-state index in [2.05, 4.69) is 5.32 Å². The van der Waals surface area contributed by atoms with E-state index in [1.165, 1.54) is 6.92 Å². The largest absolute Gasteiger partial charge is 0.467 e. The van der Waals surface area contributed by atoms with Crippen molar-refractivity contribution in [1.82, 2.24) is 10.2 Å². The molecule has 0 unspecified atom stereocenters. The van der Waals surface area contributed by atoms with Gasteiger partial charge < -0.3 is 14.6 Å². The summed E-state index contributed by atoms with van der Waals surface area (Å²) in [5, 5.41) is 4.00. The van der Waals surface area contributed by atoms with Crippen molar-refractivity contribution in [2.45, 2.75) is 26.3 Å². The van der Waals surface area contributed by atoms with Gasteiger partial charge in [0.15, 0.2) is 0 Å². The molecule has 25 heavy (non-hydrogen) atoms. The average Bonchev–Trinajstić information content (AvgIpc) is 3.06. The van der Waals surface area contributed by atoms with Crippen LogP contribution in [0.4, 0.5) is 0 Å². The third-order valence-electron chi connectivity index (χ3n) is 3.71. The molecule has 1 aromatic heterocycles. The van der Waals surface area contributed by atoms with Crippen molar-refractivity contribution < 1.29 is 14.0 Å². The molecule has 0 bridgehead atoms. The first-order valence-electron chi connectivity index (χ1n) is 7.94. The Morgan fingerprint density at radius 3 is 2.68 bits per heavy atom. The fourth-order valence-corrected chi connectivity index (χ4v) is 2.83. The summed E-state index contributed by atoms with van der Waals surface area (Å²) in [6.07, 6.45) is 2.40. The van der Waals surface area contributed by atoms with Gasteiger partial charge in [0.05, 0.1) is 12.8 Å². The highest BCUT2D eigenvalue weighted by molar-refractivity contribution is 6.35. The molecule has 0 spiro atoms. The summed E-state index contributed by atoms with van der Waals surface area (Å²) >= 11 is 12.0. The lowest BCUT2D eigenvalue weighted by Gasteiger charge is -2.19. The monoisotopic (exact) mass is 382 g/mol. The van der Waals surface area contributed by atoms with Gasteiger partial charge in [0.1, 0.15) is 5.76 Å². The molecule has 2 aromatic rings. The zero-order valence-electron chi connectivity index (χ0n) is 13.9. The maximum absolute atomic E-state index is 12.0. The van der Waals surface area contributed by atoms with Crippen LogP contribution in [0.5, 0.6) is 0 Å². The van der Waals surface area contributed by atoms with Crippen LogP contribution >= 0.6 is 23.2 Å². The van der Waals surface area contributed by atoms with Crippen molar-refractivity contribution in [3.63, 3.8) is 0 Å². The van der Waals surface area contributed by atoms with Gasteiger partial charge in [-0.25, -0.2) is 0 Å². The Balaban J connectivity index is 1.74. The third-order valence-corrected chi connectivity index (χ3v) is 4.30. The molecule has 0 saturated carbocycles. The van der Waals surface area contributed by atoms with Crippen LogP contribution in [-0.2, 0) is 22.6 Å². The van der Waals surface area contributed by atoms with E-state index >= 15 is 0 Å². The number of hydrogen-bond acceptors (Lipinski definition) is 3. The van der Waals surface area contributed by atoms with Crippen LogP contribution in [0, 0.1) is 0 Å². The molecular weight excluding hydrogens is 363 g/mol. The van der Waals surface area contributed by atoms with E-state index in [0.29, 0.717) is 41.9 Å². The van der Waals surface area contributed by atoms with E-state index in [-0.39, 0.29) is 18.2 Å². The molecule has 134 valence electrons. The lowest BCUT2D eigenvalue weighted by molar-refractivity contribution is -0.130. The van der Waals surface area contributed by atoms with Gasteiger partial charge in [-0.05, 0) is 36.2 Å². The molecule has 5 nitrogen and oxygen atoms in total. The third kappa shape index (κ3) is 6.44. The number of carbonyl (C=O) groups excluding carboxylic acids is 2. The molecule has 0 saturated heterocycles. The molecule has 2 amide bonds. The molecule has 1 aromatic carbocycles. The molecule has 2 rings (SSSR count). The second kappa shape index (κ2) is 9.49. The van der Waals surface area contributed by atoms with Crippen molar-refractivity contribution in [3.05, 3.63) is 58.0 Å². The number of furan rings is 1. The van der Waals surface area contributed by atoms with Crippen molar-refractivity contribution in [2.75, 3.05) is 13.1 Å². The molecule has 0 aliphatic carbocycles. The number of amides is 2. The second-order valence-electron chi connectivity index (χ2n) is 5.61. The summed E-state index contributed by atoms with van der Waals surface area (Å²) in [7, 11) is 0. The minimum Gasteiger partial charge on any atom is -0.467 e. The molecule has 0 radical (unpaired) electrons. The Morgan fingerprint density at radius 1 is 1.24 bits per heavy atom. The van der Waals surface area contributed by atoms with Crippen LogP contribution in [0.3, 0.4) is 0 Å². The predicted octanol–water partition coefficient (Wildman–Crippen LogP) is 3.68. The quantitative estimate of drug-likeness (QED) is 0.757. The van der Waals surface area contributed by atoms with Crippen LogP contribution < -0.4 is 5.32 Å². The van der Waals surface area contributed by atoms with Crippen molar-refractivity contribution in [2.24, 2.45) is 0 Å². The van der Waals surface area contributed by atoms with Gasteiger partial charge in [0, 0.05) is 36.5 Å². The lowest BCUT2D eigenvalue weighted by Crippen LogP contribution is -2.34. The molecule has 1 heterocycles. The molecule has 0 atom stereocenters. The number of hydrogen-bond donors (Lipinski definition) is 1. The number of nitrogens with zero attached hydrogens (tertiary/aromatic N) is 1. The number of rotatable bonds is 8. The number of halogens is 2. The average molecular weight is 383 g/mol. The summed E-state index contributed by atoms with van der Waals surface area (Å²) in [4.78, 5) is 25.2. The van der Waals surface area contributed by atoms with Crippen molar-refractivity contribution >= 4 is 35.0 Å². The molecule has 0 fully saturated rings.